The minimum Gasteiger partial charge on any atom is -0.233 e. The lowest BCUT2D eigenvalue weighted by Crippen LogP contribution is -2.33. The largest absolute Gasteiger partial charge is 0.331 e. The van der Waals surface area contributed by atoms with Crippen molar-refractivity contribution in [2.24, 2.45) is 48.2 Å². The van der Waals surface area contributed by atoms with E-state index in [1.165, 1.54) is 265 Å². The number of nitrogens with zero attached hydrogens (tertiary/aromatic N) is 12. The molecular weight excluding hydrogens is 1790 g/mol. The number of benzene rings is 12. The molecule has 0 N–H and O–H groups in total. The summed E-state index contributed by atoms with van der Waals surface area (Å²) < 4.78 is 13.1. The molecule has 12 heteroatoms. The minimum absolute atomic E-state index is 0.538. The number of hydrogen-bond donors (Lipinski definition) is 0. The summed E-state index contributed by atoms with van der Waals surface area (Å²) in [5.41, 5.74) is 62.5. The van der Waals surface area contributed by atoms with Gasteiger partial charge in [-0.25, -0.2) is 27.4 Å². The van der Waals surface area contributed by atoms with Crippen molar-refractivity contribution in [1.82, 2.24) is 29.9 Å². The lowest BCUT2D eigenvalue weighted by atomic mass is 9.90. The van der Waals surface area contributed by atoms with Crippen molar-refractivity contribution < 1.29 is 27.4 Å². The van der Waals surface area contributed by atoms with E-state index < -0.39 is 0 Å². The van der Waals surface area contributed by atoms with E-state index in [1.807, 2.05) is 0 Å². The molecule has 18 aromatic rings. The first-order valence-electron chi connectivity index (χ1n) is 53.1. The molecule has 7 aliphatic carbocycles. The van der Waals surface area contributed by atoms with Gasteiger partial charge >= 0.3 is 34.9 Å². The lowest BCUT2D eigenvalue weighted by molar-refractivity contribution is -0.663. The van der Waals surface area contributed by atoms with Crippen LogP contribution in [0.1, 0.15) is 232 Å². The molecule has 1 saturated carbocycles. The first-order valence-corrected chi connectivity index (χ1v) is 53.1. The molecule has 147 heavy (non-hydrogen) atoms. The van der Waals surface area contributed by atoms with Crippen molar-refractivity contribution in [2.75, 3.05) is 0 Å². The van der Waals surface area contributed by atoms with Gasteiger partial charge in [0.1, 0.15) is 0 Å². The van der Waals surface area contributed by atoms with E-state index in [0.29, 0.717) is 11.8 Å². The van der Waals surface area contributed by atoms with Crippen molar-refractivity contribution in [3.63, 3.8) is 0 Å². The zero-order chi connectivity index (χ0) is 103. The molecule has 0 bridgehead atoms. The Morgan fingerprint density at radius 1 is 0.245 bits per heavy atom. The molecule has 1 fully saturated rings. The number of hydrogen-bond acceptors (Lipinski definition) is 6. The molecule has 736 valence electrons. The van der Waals surface area contributed by atoms with Crippen LogP contribution in [0, 0.1) is 110 Å². The molecule has 0 radical (unpaired) electrons. The predicted octanol–water partition coefficient (Wildman–Crippen LogP) is 27.5. The fourth-order valence-electron chi connectivity index (χ4n) is 23.7. The predicted molar refractivity (Wildman–Crippen MR) is 599 cm³/mol. The van der Waals surface area contributed by atoms with Crippen LogP contribution in [-0.4, -0.2) is 29.9 Å². The summed E-state index contributed by atoms with van der Waals surface area (Å²) in [4.78, 5) is 30.7. The van der Waals surface area contributed by atoms with Crippen LogP contribution in [0.3, 0.4) is 0 Å². The Bertz CT molecular complexity index is 8340. The average Bonchev–Trinajstić information content (AvgIpc) is 1.53. The van der Waals surface area contributed by atoms with Gasteiger partial charge in [0.15, 0.2) is 34.2 Å². The molecule has 7 aliphatic rings. The quantitative estimate of drug-likeness (QED) is 0.126. The van der Waals surface area contributed by atoms with E-state index in [2.05, 4.69) is 457 Å². The molecule has 0 spiro atoms. The maximum atomic E-state index is 5.20. The van der Waals surface area contributed by atoms with Crippen LogP contribution in [0.2, 0.25) is 0 Å². The Morgan fingerprint density at radius 2 is 0.551 bits per heavy atom. The lowest BCUT2D eigenvalue weighted by Gasteiger charge is -2.14. The van der Waals surface area contributed by atoms with E-state index in [9.17, 15) is 0 Å². The third kappa shape index (κ3) is 19.8. The highest BCUT2D eigenvalue weighted by Crippen LogP contribution is 2.48. The fraction of sp³-hybridized carbons (Fsp3) is 0.289. The van der Waals surface area contributed by atoms with Crippen LogP contribution in [0.25, 0.3) is 136 Å². The zero-order valence-corrected chi connectivity index (χ0v) is 91.1. The van der Waals surface area contributed by atoms with Gasteiger partial charge in [-0.1, -0.05) is 255 Å². The molecule has 0 atom stereocenters. The van der Waals surface area contributed by atoms with Crippen molar-refractivity contribution in [1.29, 1.82) is 0 Å². The summed E-state index contributed by atoms with van der Waals surface area (Å²) in [5, 5.41) is 0. The van der Waals surface area contributed by atoms with Gasteiger partial charge in [0.05, 0.1) is 113 Å². The summed E-state index contributed by atoms with van der Waals surface area (Å²) in [6.07, 6.45) is 26.2. The molecule has 0 unspecified atom stereocenters. The third-order valence-electron chi connectivity index (χ3n) is 31.4. The molecule has 12 aromatic carbocycles. The van der Waals surface area contributed by atoms with Gasteiger partial charge in [-0.05, 0) is 308 Å². The first kappa shape index (κ1) is 99.5. The van der Waals surface area contributed by atoms with Gasteiger partial charge in [-0.3, -0.25) is 0 Å². The van der Waals surface area contributed by atoms with Crippen LogP contribution in [0.15, 0.2) is 256 Å². The van der Waals surface area contributed by atoms with E-state index in [4.69, 9.17) is 29.9 Å². The Kier molecular flexibility index (Phi) is 27.6. The summed E-state index contributed by atoms with van der Waals surface area (Å²) in [6, 6.07) is 79.7. The van der Waals surface area contributed by atoms with Crippen LogP contribution in [-0.2, 0) is 87.2 Å². The molecule has 0 aliphatic heterocycles. The molecule has 0 saturated heterocycles. The maximum Gasteiger partial charge on any atom is 0.331 e. The van der Waals surface area contributed by atoms with Crippen LogP contribution >= 0.6 is 0 Å². The zero-order valence-electron chi connectivity index (χ0n) is 91.1. The standard InChI is InChI=1S/C25H27N2.C24H27N2.C23H25N2.3C21H21N2/c1-16-11-12-17(2)22(13-16)25-26-24-19(15-27(25)3)14-23-20(9-6-10-21(23)24)18-7-4-5-8-18;1-15(2)11-18-7-6-8-20-22(18)13-19-14-26(5)24(25-23(19)20)21-12-16(3)9-10-17(21)4;1-14(2)18-7-6-8-19-21(18)12-17-13-25(5)23(24-22(17)19)20-11-15(3)9-10-16(20)4;1-13-6-8-18-16(9-13)11-17-12-23(4)21(22-20(17)18)19-10-14(2)5-7-15(19)3;1-13-5-7-15(3)18(9-13)21-22-20-17(12-23(21)4)11-16-8-6-14(2)10-19(16)20;1-13-8-9-14(2)18(10-13)21-22-20-17(12-23(21)4)11-16-7-5-6-15(3)19(16)20/h6,9-13,15,18H,4-5,7-8,14H2,1-3H3;6-10,12,14-15H,11,13H2,1-5H3;6-11,13-14H,12H2,1-5H3;3*5-10,12H,11H2,1-4H3/q6*+1. The van der Waals surface area contributed by atoms with Gasteiger partial charge in [0.2, 0.25) is 0 Å². The summed E-state index contributed by atoms with van der Waals surface area (Å²) >= 11 is 0. The fourth-order valence-corrected chi connectivity index (χ4v) is 23.7. The number of fused-ring (bicyclic) bond motifs is 18. The molecular formula is C135H142N12+6. The smallest absolute Gasteiger partial charge is 0.233 e. The SMILES string of the molecule is Cc1ccc(C)c(-c2nc3c(c[n+]2C)Cc2c(CC(C)C)cccc2-3)c1.Cc1ccc(C)c(-c2nc3c(c[n+]2C)Cc2c-3cccc2C(C)C)c1.Cc1ccc(C)c(-c2nc3c(c[n+]2C)Cc2c-3cccc2C2CCCC2)c1.Cc1ccc(C)c(-c2nc3c(c[n+]2C)Cc2ccc(C)cc2-3)c1.Cc1ccc(C)c(-c2nc3c(c[n+]2C)Cc2cccc(C)c2-3)c1.Cc1ccc2c(c1)Cc1c[n+](C)c(-c3cc(C)ccc3C)nc1-2. The topological polar surface area (TPSA) is 101 Å². The monoisotopic (exact) mass is 1930 g/mol. The Balaban J connectivity index is 0.000000107. The molecule has 0 amide bonds. The summed E-state index contributed by atoms with van der Waals surface area (Å²) in [6.45, 7) is 41.4. The Hall–Kier alpha value is -14.9. The van der Waals surface area contributed by atoms with Gasteiger partial charge < -0.3 is 0 Å². The van der Waals surface area contributed by atoms with E-state index in [0.717, 1.165) is 109 Å². The van der Waals surface area contributed by atoms with Crippen LogP contribution < -0.4 is 27.4 Å². The summed E-state index contributed by atoms with van der Waals surface area (Å²) in [5.74, 6) is 8.24. The highest BCUT2D eigenvalue weighted by atomic mass is 15.1. The van der Waals surface area contributed by atoms with Crippen molar-refractivity contribution >= 4 is 0 Å². The van der Waals surface area contributed by atoms with Crippen molar-refractivity contribution in [3.05, 3.63) is 422 Å². The van der Waals surface area contributed by atoms with Gasteiger partial charge in [0.25, 0.3) is 0 Å². The van der Waals surface area contributed by atoms with E-state index >= 15 is 0 Å². The average molecular weight is 1930 g/mol. The number of aryl methyl sites for hydroxylation is 21. The second kappa shape index (κ2) is 40.9. The van der Waals surface area contributed by atoms with E-state index in [1.54, 1.807) is 5.56 Å². The second-order valence-corrected chi connectivity index (χ2v) is 44.1. The molecule has 12 nitrogen and oxygen atoms in total. The van der Waals surface area contributed by atoms with E-state index in [-0.39, 0.29) is 0 Å². The van der Waals surface area contributed by atoms with Crippen LogP contribution in [0.4, 0.5) is 0 Å². The van der Waals surface area contributed by atoms with Gasteiger partial charge in [0, 0.05) is 105 Å². The van der Waals surface area contributed by atoms with Gasteiger partial charge in [-0.15, -0.1) is 0 Å². The summed E-state index contributed by atoms with van der Waals surface area (Å²) in [7, 11) is 12.6. The van der Waals surface area contributed by atoms with Gasteiger partial charge in [-0.2, -0.15) is 0 Å². The molecule has 6 aromatic heterocycles. The highest BCUT2D eigenvalue weighted by Gasteiger charge is 2.39. The minimum atomic E-state index is 0.538. The molecule has 25 rings (SSSR count). The highest BCUT2D eigenvalue weighted by molar-refractivity contribution is 5.83. The first-order chi connectivity index (χ1) is 70.6. The number of rotatable bonds is 10. The van der Waals surface area contributed by atoms with Crippen LogP contribution in [0.5, 0.6) is 0 Å². The van der Waals surface area contributed by atoms with Crippen molar-refractivity contribution in [3.8, 4) is 136 Å². The second-order valence-electron chi connectivity index (χ2n) is 44.1. The Morgan fingerprint density at radius 3 is 0.966 bits per heavy atom. The van der Waals surface area contributed by atoms with Crippen molar-refractivity contribution in [2.45, 2.75) is 214 Å². The normalized spacial score (nSPS) is 12.9. The molecule has 6 heterocycles. The number of aromatic nitrogens is 12. The Labute approximate surface area is 872 Å². The maximum absolute atomic E-state index is 5.20. The third-order valence-corrected chi connectivity index (χ3v) is 31.4.